The van der Waals surface area contributed by atoms with Gasteiger partial charge in [0.05, 0.1) is 12.2 Å². The minimum absolute atomic E-state index is 0.195. The Morgan fingerprint density at radius 3 is 2.52 bits per heavy atom. The predicted octanol–water partition coefficient (Wildman–Crippen LogP) is 0.225. The van der Waals surface area contributed by atoms with Crippen LogP contribution in [-0.2, 0) is 17.1 Å². The molecule has 1 fully saturated rings. The maximum atomic E-state index is 12.5. The minimum Gasteiger partial charge on any atom is -0.382 e. The standard InChI is InChI=1S/C12H18N6O2S/c1-16-12(2-6-14-16)21(19,20)17-7-3-10(4-8-17)18-9-5-11(13)15-18/h2,5-6,9-10H,3-4,7-8H2,1H3,(H2,13,15). The fraction of sp³-hybridized carbons (Fsp3) is 0.500. The number of piperidine rings is 1. The predicted molar refractivity (Wildman–Crippen MR) is 76.9 cm³/mol. The topological polar surface area (TPSA) is 99.0 Å². The Morgan fingerprint density at radius 1 is 1.29 bits per heavy atom. The molecule has 0 aromatic carbocycles. The van der Waals surface area contributed by atoms with Crippen LogP contribution in [0.15, 0.2) is 29.6 Å². The van der Waals surface area contributed by atoms with E-state index in [1.165, 1.54) is 21.3 Å². The molecule has 3 rings (SSSR count). The lowest BCUT2D eigenvalue weighted by Gasteiger charge is -2.31. The van der Waals surface area contributed by atoms with Crippen LogP contribution in [0.4, 0.5) is 5.82 Å². The van der Waals surface area contributed by atoms with E-state index in [1.54, 1.807) is 13.1 Å². The summed E-state index contributed by atoms with van der Waals surface area (Å²) in [6.45, 7) is 0.940. The van der Waals surface area contributed by atoms with Crippen molar-refractivity contribution in [3.05, 3.63) is 24.5 Å². The fourth-order valence-electron chi connectivity index (χ4n) is 2.65. The quantitative estimate of drug-likeness (QED) is 0.874. The number of nitrogen functional groups attached to an aromatic ring is 1. The molecule has 0 radical (unpaired) electrons. The number of anilines is 1. The molecular weight excluding hydrogens is 292 g/mol. The number of nitrogens with zero attached hydrogens (tertiary/aromatic N) is 5. The molecule has 0 bridgehead atoms. The molecule has 9 heteroatoms. The molecule has 0 aliphatic carbocycles. The first kappa shape index (κ1) is 14.1. The molecule has 21 heavy (non-hydrogen) atoms. The van der Waals surface area contributed by atoms with Crippen LogP contribution in [0.2, 0.25) is 0 Å². The molecule has 1 aliphatic rings. The molecule has 2 aromatic rings. The van der Waals surface area contributed by atoms with Gasteiger partial charge in [0, 0.05) is 26.3 Å². The molecule has 0 amide bonds. The Morgan fingerprint density at radius 2 is 2.00 bits per heavy atom. The lowest BCUT2D eigenvalue weighted by atomic mass is 10.1. The Bertz CT molecular complexity index is 727. The van der Waals surface area contributed by atoms with Gasteiger partial charge in [0.25, 0.3) is 10.0 Å². The molecule has 2 aromatic heterocycles. The number of hydrogen-bond donors (Lipinski definition) is 1. The second-order valence-electron chi connectivity index (χ2n) is 5.15. The molecule has 1 aliphatic heterocycles. The summed E-state index contributed by atoms with van der Waals surface area (Å²) in [4.78, 5) is 0. The van der Waals surface area contributed by atoms with E-state index in [9.17, 15) is 8.42 Å². The van der Waals surface area contributed by atoms with Crippen molar-refractivity contribution in [2.45, 2.75) is 23.9 Å². The van der Waals surface area contributed by atoms with Crippen molar-refractivity contribution in [2.24, 2.45) is 7.05 Å². The van der Waals surface area contributed by atoms with Crippen LogP contribution in [0.1, 0.15) is 18.9 Å². The Hall–Kier alpha value is -1.87. The molecule has 0 unspecified atom stereocenters. The van der Waals surface area contributed by atoms with Crippen molar-refractivity contribution in [3.8, 4) is 0 Å². The average molecular weight is 310 g/mol. The molecule has 0 spiro atoms. The van der Waals surface area contributed by atoms with Gasteiger partial charge in [-0.25, -0.2) is 8.42 Å². The third kappa shape index (κ3) is 2.54. The normalized spacial score (nSPS) is 18.1. The second kappa shape index (κ2) is 5.15. The highest BCUT2D eigenvalue weighted by atomic mass is 32.2. The summed E-state index contributed by atoms with van der Waals surface area (Å²) in [5.74, 6) is 0.486. The van der Waals surface area contributed by atoms with Crippen molar-refractivity contribution in [1.82, 2.24) is 23.9 Å². The van der Waals surface area contributed by atoms with Gasteiger partial charge in [0.1, 0.15) is 5.82 Å². The maximum absolute atomic E-state index is 12.5. The van der Waals surface area contributed by atoms with Gasteiger partial charge in [-0.3, -0.25) is 9.36 Å². The van der Waals surface area contributed by atoms with E-state index < -0.39 is 10.0 Å². The molecule has 0 saturated carbocycles. The summed E-state index contributed by atoms with van der Waals surface area (Å²) in [7, 11) is -1.84. The maximum Gasteiger partial charge on any atom is 0.260 e. The highest BCUT2D eigenvalue weighted by molar-refractivity contribution is 7.89. The minimum atomic E-state index is -3.47. The van der Waals surface area contributed by atoms with E-state index in [0.717, 1.165) is 12.8 Å². The van der Waals surface area contributed by atoms with Crippen molar-refractivity contribution >= 4 is 15.8 Å². The van der Waals surface area contributed by atoms with Gasteiger partial charge >= 0.3 is 0 Å². The summed E-state index contributed by atoms with van der Waals surface area (Å²) in [5, 5.41) is 8.35. The number of aryl methyl sites for hydroxylation is 1. The molecule has 2 N–H and O–H groups in total. The first-order valence-corrected chi connectivity index (χ1v) is 8.21. The molecular formula is C12H18N6O2S. The van der Waals surface area contributed by atoms with E-state index >= 15 is 0 Å². The molecule has 114 valence electrons. The third-order valence-corrected chi connectivity index (χ3v) is 5.78. The SMILES string of the molecule is Cn1nccc1S(=O)(=O)N1CCC(n2ccc(N)n2)CC1. The van der Waals surface area contributed by atoms with Crippen molar-refractivity contribution in [3.63, 3.8) is 0 Å². The van der Waals surface area contributed by atoms with Crippen LogP contribution in [0.25, 0.3) is 0 Å². The molecule has 8 nitrogen and oxygen atoms in total. The van der Waals surface area contributed by atoms with E-state index in [-0.39, 0.29) is 11.1 Å². The summed E-state index contributed by atoms with van der Waals surface area (Å²) in [6.07, 6.45) is 4.77. The summed E-state index contributed by atoms with van der Waals surface area (Å²) >= 11 is 0. The van der Waals surface area contributed by atoms with E-state index in [1.807, 2.05) is 10.9 Å². The monoisotopic (exact) mass is 310 g/mol. The van der Waals surface area contributed by atoms with Crippen LogP contribution in [0, 0.1) is 0 Å². The summed E-state index contributed by atoms with van der Waals surface area (Å²) in [5.41, 5.74) is 5.61. The highest BCUT2D eigenvalue weighted by Crippen LogP contribution is 2.26. The third-order valence-electron chi connectivity index (χ3n) is 3.81. The van der Waals surface area contributed by atoms with Gasteiger partial charge in [-0.1, -0.05) is 0 Å². The van der Waals surface area contributed by atoms with Crippen LogP contribution in [0.3, 0.4) is 0 Å². The Labute approximate surface area is 123 Å². The number of rotatable bonds is 3. The number of aromatic nitrogens is 4. The molecule has 0 atom stereocenters. The van der Waals surface area contributed by atoms with Gasteiger partial charge in [-0.15, -0.1) is 0 Å². The Balaban J connectivity index is 1.73. The van der Waals surface area contributed by atoms with Crippen LogP contribution >= 0.6 is 0 Å². The van der Waals surface area contributed by atoms with Gasteiger partial charge in [-0.2, -0.15) is 14.5 Å². The molecule has 3 heterocycles. The van der Waals surface area contributed by atoms with E-state index in [0.29, 0.717) is 18.9 Å². The second-order valence-corrected chi connectivity index (χ2v) is 7.03. The smallest absolute Gasteiger partial charge is 0.260 e. The average Bonchev–Trinajstić information content (AvgIpc) is 3.08. The van der Waals surface area contributed by atoms with Crippen molar-refractivity contribution in [2.75, 3.05) is 18.8 Å². The zero-order valence-corrected chi connectivity index (χ0v) is 12.6. The summed E-state index contributed by atoms with van der Waals surface area (Å²) < 4.78 is 29.8. The van der Waals surface area contributed by atoms with Gasteiger partial charge < -0.3 is 5.73 Å². The van der Waals surface area contributed by atoms with Crippen LogP contribution in [-0.4, -0.2) is 45.4 Å². The van der Waals surface area contributed by atoms with Gasteiger partial charge in [-0.05, 0) is 25.0 Å². The van der Waals surface area contributed by atoms with Crippen molar-refractivity contribution in [1.29, 1.82) is 0 Å². The van der Waals surface area contributed by atoms with E-state index in [2.05, 4.69) is 10.2 Å². The number of sulfonamides is 1. The summed E-state index contributed by atoms with van der Waals surface area (Å²) in [6, 6.07) is 3.47. The zero-order chi connectivity index (χ0) is 15.0. The first-order valence-electron chi connectivity index (χ1n) is 6.77. The number of hydrogen-bond acceptors (Lipinski definition) is 5. The lowest BCUT2D eigenvalue weighted by molar-refractivity contribution is 0.260. The van der Waals surface area contributed by atoms with Crippen molar-refractivity contribution < 1.29 is 8.42 Å². The zero-order valence-electron chi connectivity index (χ0n) is 11.8. The molecule has 1 saturated heterocycles. The number of nitrogens with two attached hydrogens (primary N) is 1. The fourth-order valence-corrected chi connectivity index (χ4v) is 4.22. The highest BCUT2D eigenvalue weighted by Gasteiger charge is 2.31. The Kier molecular flexibility index (Phi) is 3.46. The van der Waals surface area contributed by atoms with E-state index in [4.69, 9.17) is 5.73 Å². The van der Waals surface area contributed by atoms with Gasteiger partial charge in [0.2, 0.25) is 0 Å². The largest absolute Gasteiger partial charge is 0.382 e. The van der Waals surface area contributed by atoms with Crippen LogP contribution < -0.4 is 5.73 Å². The van der Waals surface area contributed by atoms with Gasteiger partial charge in [0.15, 0.2) is 5.03 Å². The van der Waals surface area contributed by atoms with Crippen LogP contribution in [0.5, 0.6) is 0 Å². The first-order chi connectivity index (χ1) is 9.98. The lowest BCUT2D eigenvalue weighted by Crippen LogP contribution is -2.39.